The van der Waals surface area contributed by atoms with Crippen molar-refractivity contribution in [3.05, 3.63) is 59.8 Å². The molecule has 0 aromatic heterocycles. The van der Waals surface area contributed by atoms with Crippen molar-refractivity contribution in [2.45, 2.75) is 64.8 Å². The summed E-state index contributed by atoms with van der Waals surface area (Å²) >= 11 is 0. The molecule has 0 amide bonds. The lowest BCUT2D eigenvalue weighted by molar-refractivity contribution is 0.216. The van der Waals surface area contributed by atoms with Crippen LogP contribution in [-0.2, 0) is 0 Å². The Morgan fingerprint density at radius 1 is 1.10 bits per heavy atom. The molecular weight excluding hydrogens is 368 g/mol. The number of nitrogens with two attached hydrogens (primary N) is 2. The van der Waals surface area contributed by atoms with Gasteiger partial charge in [-0.25, -0.2) is 0 Å². The Morgan fingerprint density at radius 2 is 1.73 bits per heavy atom. The van der Waals surface area contributed by atoms with E-state index in [1.807, 2.05) is 12.1 Å². The summed E-state index contributed by atoms with van der Waals surface area (Å²) in [4.78, 5) is 4.84. The van der Waals surface area contributed by atoms with Crippen LogP contribution in [-0.4, -0.2) is 35.6 Å². The highest BCUT2D eigenvalue weighted by atomic mass is 15.2. The van der Waals surface area contributed by atoms with E-state index in [2.05, 4.69) is 54.6 Å². The standard InChI is InChI=1S/C26H40N4/c1-4-20(2)26(18-30(19-27)25-8-6-5-7-9-25)23-14-16-29(17-15-23)21(3)22-10-12-24(28)13-11-22/h4,10-13,18,23,25H,3,5-9,14-17,19,27-28H2,1-2H3/b20-4+,26-18+. The van der Waals surface area contributed by atoms with Crippen molar-refractivity contribution >= 4 is 11.4 Å². The van der Waals surface area contributed by atoms with Crippen LogP contribution in [0.15, 0.2) is 54.3 Å². The number of likely N-dealkylation sites (tertiary alicyclic amines) is 1. The molecular formula is C26H40N4. The zero-order chi connectivity index (χ0) is 21.5. The summed E-state index contributed by atoms with van der Waals surface area (Å²) < 4.78 is 0. The molecule has 0 unspecified atom stereocenters. The van der Waals surface area contributed by atoms with Crippen LogP contribution < -0.4 is 11.5 Å². The van der Waals surface area contributed by atoms with E-state index >= 15 is 0 Å². The second-order valence-corrected chi connectivity index (χ2v) is 8.87. The first-order chi connectivity index (χ1) is 14.5. The van der Waals surface area contributed by atoms with Crippen LogP contribution in [0.3, 0.4) is 0 Å². The van der Waals surface area contributed by atoms with E-state index in [0.717, 1.165) is 42.9 Å². The van der Waals surface area contributed by atoms with Crippen LogP contribution in [0.25, 0.3) is 5.70 Å². The Labute approximate surface area is 183 Å². The predicted molar refractivity (Wildman–Crippen MR) is 129 cm³/mol. The summed E-state index contributed by atoms with van der Waals surface area (Å²) in [6, 6.07) is 8.66. The first-order valence-electron chi connectivity index (χ1n) is 11.6. The van der Waals surface area contributed by atoms with Gasteiger partial charge in [0.15, 0.2) is 0 Å². The minimum absolute atomic E-state index is 0.578. The first-order valence-corrected chi connectivity index (χ1v) is 11.6. The van der Waals surface area contributed by atoms with Gasteiger partial charge in [-0.05, 0) is 68.7 Å². The van der Waals surface area contributed by atoms with Crippen LogP contribution in [0.2, 0.25) is 0 Å². The summed E-state index contributed by atoms with van der Waals surface area (Å²) in [5.74, 6) is 0.578. The van der Waals surface area contributed by atoms with Gasteiger partial charge in [-0.15, -0.1) is 0 Å². The van der Waals surface area contributed by atoms with Crippen LogP contribution in [0.5, 0.6) is 0 Å². The lowest BCUT2D eigenvalue weighted by Gasteiger charge is -2.38. The monoisotopic (exact) mass is 408 g/mol. The number of nitrogen functional groups attached to an aromatic ring is 1. The maximum atomic E-state index is 6.19. The van der Waals surface area contributed by atoms with Gasteiger partial charge in [-0.2, -0.15) is 0 Å². The van der Waals surface area contributed by atoms with Gasteiger partial charge in [0.2, 0.25) is 0 Å². The number of rotatable bonds is 7. The van der Waals surface area contributed by atoms with Gasteiger partial charge in [0.1, 0.15) is 0 Å². The molecule has 1 saturated heterocycles. The summed E-state index contributed by atoms with van der Waals surface area (Å²) in [6.07, 6.45) is 13.5. The van der Waals surface area contributed by atoms with Gasteiger partial charge in [0, 0.05) is 36.7 Å². The highest BCUT2D eigenvalue weighted by Gasteiger charge is 2.26. The summed E-state index contributed by atoms with van der Waals surface area (Å²) in [5.41, 5.74) is 18.0. The molecule has 1 aliphatic carbocycles. The lowest BCUT2D eigenvalue weighted by atomic mass is 9.85. The SMILES string of the molecule is C=C(c1ccc(N)cc1)N1CCC(C(=C/N(CN)C2CCCCC2)/C(C)=C/C)CC1. The minimum Gasteiger partial charge on any atom is -0.399 e. The van der Waals surface area contributed by atoms with Crippen LogP contribution >= 0.6 is 0 Å². The topological polar surface area (TPSA) is 58.5 Å². The number of hydrogen-bond acceptors (Lipinski definition) is 4. The molecule has 2 fully saturated rings. The molecule has 1 saturated carbocycles. The Hall–Kier alpha value is -2.20. The third-order valence-electron chi connectivity index (χ3n) is 7.01. The number of benzene rings is 1. The largest absolute Gasteiger partial charge is 0.399 e. The molecule has 4 N–H and O–H groups in total. The molecule has 1 aromatic rings. The third kappa shape index (κ3) is 5.48. The van der Waals surface area contributed by atoms with Crippen molar-refractivity contribution < 1.29 is 0 Å². The molecule has 2 aliphatic rings. The molecule has 0 spiro atoms. The number of nitrogens with zero attached hydrogens (tertiary/aromatic N) is 2. The van der Waals surface area contributed by atoms with Gasteiger partial charge < -0.3 is 21.3 Å². The number of piperidine rings is 1. The molecule has 0 radical (unpaired) electrons. The fourth-order valence-electron chi connectivity index (χ4n) is 4.91. The zero-order valence-electron chi connectivity index (χ0n) is 18.9. The zero-order valence-corrected chi connectivity index (χ0v) is 18.9. The second-order valence-electron chi connectivity index (χ2n) is 8.87. The number of anilines is 1. The molecule has 164 valence electrons. The van der Waals surface area contributed by atoms with E-state index in [9.17, 15) is 0 Å². The first kappa shape index (κ1) is 22.5. The van der Waals surface area contributed by atoms with Gasteiger partial charge in [-0.3, -0.25) is 0 Å². The molecule has 30 heavy (non-hydrogen) atoms. The van der Waals surface area contributed by atoms with E-state index < -0.39 is 0 Å². The average molecular weight is 409 g/mol. The van der Waals surface area contributed by atoms with E-state index in [4.69, 9.17) is 11.5 Å². The van der Waals surface area contributed by atoms with Crippen molar-refractivity contribution in [2.75, 3.05) is 25.5 Å². The molecule has 4 heteroatoms. The Morgan fingerprint density at radius 3 is 2.30 bits per heavy atom. The molecule has 0 atom stereocenters. The van der Waals surface area contributed by atoms with Crippen LogP contribution in [0, 0.1) is 5.92 Å². The molecule has 0 bridgehead atoms. The van der Waals surface area contributed by atoms with Gasteiger partial charge in [0.25, 0.3) is 0 Å². The fraction of sp³-hybridized carbons (Fsp3) is 0.538. The van der Waals surface area contributed by atoms with Gasteiger partial charge in [-0.1, -0.05) is 49.6 Å². The van der Waals surface area contributed by atoms with Crippen molar-refractivity contribution in [1.29, 1.82) is 0 Å². The normalized spacial score (nSPS) is 19.8. The second kappa shape index (κ2) is 10.7. The average Bonchev–Trinajstić information content (AvgIpc) is 2.80. The van der Waals surface area contributed by atoms with Crippen LogP contribution in [0.4, 0.5) is 5.69 Å². The Kier molecular flexibility index (Phi) is 8.03. The maximum Gasteiger partial charge on any atom is 0.0654 e. The maximum absolute atomic E-state index is 6.19. The van der Waals surface area contributed by atoms with Crippen molar-refractivity contribution in [3.8, 4) is 0 Å². The van der Waals surface area contributed by atoms with Crippen molar-refractivity contribution in [2.24, 2.45) is 11.7 Å². The predicted octanol–water partition coefficient (Wildman–Crippen LogP) is 5.35. The summed E-state index contributed by atoms with van der Waals surface area (Å²) in [6.45, 7) is 11.4. The summed E-state index contributed by atoms with van der Waals surface area (Å²) in [7, 11) is 0. The third-order valence-corrected chi connectivity index (χ3v) is 7.01. The Balaban J connectivity index is 1.69. The Bertz CT molecular complexity index is 748. The lowest BCUT2D eigenvalue weighted by Crippen LogP contribution is -2.38. The highest BCUT2D eigenvalue weighted by molar-refractivity contribution is 5.63. The summed E-state index contributed by atoms with van der Waals surface area (Å²) in [5, 5.41) is 0. The molecule has 3 rings (SSSR count). The minimum atomic E-state index is 0.578. The smallest absolute Gasteiger partial charge is 0.0654 e. The van der Waals surface area contributed by atoms with E-state index in [0.29, 0.717) is 18.6 Å². The quantitative estimate of drug-likeness (QED) is 0.363. The van der Waals surface area contributed by atoms with E-state index in [-0.39, 0.29) is 0 Å². The molecule has 1 aromatic carbocycles. The van der Waals surface area contributed by atoms with E-state index in [1.54, 1.807) is 0 Å². The molecule has 4 nitrogen and oxygen atoms in total. The molecule has 1 heterocycles. The number of hydrogen-bond donors (Lipinski definition) is 2. The van der Waals surface area contributed by atoms with Crippen molar-refractivity contribution in [1.82, 2.24) is 9.80 Å². The highest BCUT2D eigenvalue weighted by Crippen LogP contribution is 2.33. The molecule has 1 aliphatic heterocycles. The van der Waals surface area contributed by atoms with Crippen molar-refractivity contribution in [3.63, 3.8) is 0 Å². The van der Waals surface area contributed by atoms with Gasteiger partial charge in [0.05, 0.1) is 6.67 Å². The van der Waals surface area contributed by atoms with Gasteiger partial charge >= 0.3 is 0 Å². The number of allylic oxidation sites excluding steroid dienone is 3. The van der Waals surface area contributed by atoms with E-state index in [1.165, 1.54) is 43.3 Å². The fourth-order valence-corrected chi connectivity index (χ4v) is 4.91. The van der Waals surface area contributed by atoms with Crippen LogP contribution in [0.1, 0.15) is 64.4 Å².